The summed E-state index contributed by atoms with van der Waals surface area (Å²) in [6.45, 7) is 6.01. The van der Waals surface area contributed by atoms with Gasteiger partial charge in [-0.2, -0.15) is 5.30 Å². The summed E-state index contributed by atoms with van der Waals surface area (Å²) < 4.78 is 11.6. The van der Waals surface area contributed by atoms with Crippen LogP contribution in [0, 0.1) is 0 Å². The SMILES string of the molecule is CCCCCCOc1ccc([PH-])c(OCCCCCC)c1. The molecule has 0 unspecified atom stereocenters. The Morgan fingerprint density at radius 2 is 1.43 bits per heavy atom. The topological polar surface area (TPSA) is 18.5 Å². The van der Waals surface area contributed by atoms with Gasteiger partial charge in [0, 0.05) is 6.07 Å². The van der Waals surface area contributed by atoms with Crippen molar-refractivity contribution in [3.63, 3.8) is 0 Å². The second-order valence-electron chi connectivity index (χ2n) is 5.48. The largest absolute Gasteiger partial charge is 0.521 e. The summed E-state index contributed by atoms with van der Waals surface area (Å²) in [5.41, 5.74) is 0. The first-order valence-corrected chi connectivity index (χ1v) is 8.89. The maximum Gasteiger partial charge on any atom is 0.122 e. The molecule has 0 bridgehead atoms. The van der Waals surface area contributed by atoms with Gasteiger partial charge in [-0.1, -0.05) is 58.4 Å². The summed E-state index contributed by atoms with van der Waals surface area (Å²) in [5, 5.41) is 0.990. The molecule has 0 aliphatic rings. The van der Waals surface area contributed by atoms with Crippen molar-refractivity contribution in [2.45, 2.75) is 65.2 Å². The predicted octanol–water partition coefficient (Wildman–Crippen LogP) is 5.37. The van der Waals surface area contributed by atoms with E-state index in [0.29, 0.717) is 0 Å². The van der Waals surface area contributed by atoms with Gasteiger partial charge in [0.15, 0.2) is 0 Å². The van der Waals surface area contributed by atoms with Gasteiger partial charge in [-0.15, -0.1) is 0 Å². The molecule has 0 aliphatic heterocycles. The van der Waals surface area contributed by atoms with Crippen molar-refractivity contribution >= 4 is 14.5 Å². The Bertz CT molecular complexity index is 379. The summed E-state index contributed by atoms with van der Waals surface area (Å²) in [7, 11) is 3.59. The Labute approximate surface area is 132 Å². The monoisotopic (exact) mass is 309 g/mol. The number of unbranched alkanes of at least 4 members (excludes halogenated alkanes) is 6. The average Bonchev–Trinajstić information content (AvgIpc) is 2.49. The van der Waals surface area contributed by atoms with E-state index in [9.17, 15) is 0 Å². The summed E-state index contributed by atoms with van der Waals surface area (Å²) in [6, 6.07) is 5.98. The molecule has 0 spiro atoms. The fraction of sp³-hybridized carbons (Fsp3) is 0.667. The molecule has 0 saturated carbocycles. The zero-order chi connectivity index (χ0) is 15.3. The molecule has 0 atom stereocenters. The van der Waals surface area contributed by atoms with Crippen molar-refractivity contribution in [2.75, 3.05) is 13.2 Å². The average molecular weight is 309 g/mol. The van der Waals surface area contributed by atoms with Crippen LogP contribution < -0.4 is 14.8 Å². The highest BCUT2D eigenvalue weighted by molar-refractivity contribution is 7.27. The Morgan fingerprint density at radius 1 is 0.810 bits per heavy atom. The molecule has 0 amide bonds. The summed E-state index contributed by atoms with van der Waals surface area (Å²) in [6.07, 6.45) is 9.80. The number of benzene rings is 1. The van der Waals surface area contributed by atoms with Crippen molar-refractivity contribution in [3.8, 4) is 11.5 Å². The smallest absolute Gasteiger partial charge is 0.122 e. The highest BCUT2D eigenvalue weighted by atomic mass is 31.0. The van der Waals surface area contributed by atoms with Crippen LogP contribution in [-0.2, 0) is 0 Å². The molecule has 21 heavy (non-hydrogen) atoms. The first-order valence-electron chi connectivity index (χ1n) is 8.39. The minimum atomic E-state index is 0.775. The third-order valence-electron chi connectivity index (χ3n) is 3.48. The summed E-state index contributed by atoms with van der Waals surface area (Å²) in [5.74, 6) is 1.78. The second kappa shape index (κ2) is 11.9. The van der Waals surface area contributed by atoms with E-state index in [4.69, 9.17) is 9.47 Å². The molecule has 0 aliphatic carbocycles. The normalized spacial score (nSPS) is 10.6. The van der Waals surface area contributed by atoms with E-state index in [1.54, 1.807) is 0 Å². The Kier molecular flexibility index (Phi) is 10.3. The van der Waals surface area contributed by atoms with Crippen LogP contribution >= 0.6 is 9.24 Å². The van der Waals surface area contributed by atoms with Crippen LogP contribution in [0.4, 0.5) is 0 Å². The maximum atomic E-state index is 5.84. The van der Waals surface area contributed by atoms with Crippen molar-refractivity contribution in [1.82, 2.24) is 0 Å². The minimum absolute atomic E-state index is 0.775. The molecule has 0 aromatic heterocycles. The van der Waals surface area contributed by atoms with Gasteiger partial charge in [0.2, 0.25) is 0 Å². The van der Waals surface area contributed by atoms with Crippen molar-refractivity contribution in [2.24, 2.45) is 0 Å². The first kappa shape index (κ1) is 18.3. The van der Waals surface area contributed by atoms with Crippen molar-refractivity contribution in [1.29, 1.82) is 0 Å². The highest BCUT2D eigenvalue weighted by Crippen LogP contribution is 2.20. The number of hydrogen-bond donors (Lipinski definition) is 0. The minimum Gasteiger partial charge on any atom is -0.521 e. The van der Waals surface area contributed by atoms with E-state index in [1.165, 1.54) is 38.5 Å². The third kappa shape index (κ3) is 8.31. The first-order chi connectivity index (χ1) is 10.3. The van der Waals surface area contributed by atoms with E-state index in [0.717, 1.165) is 42.9 Å². The quantitative estimate of drug-likeness (QED) is 0.381. The molecule has 0 radical (unpaired) electrons. The van der Waals surface area contributed by atoms with Crippen molar-refractivity contribution in [3.05, 3.63) is 18.2 Å². The summed E-state index contributed by atoms with van der Waals surface area (Å²) >= 11 is 0. The molecular weight excluding hydrogens is 279 g/mol. The van der Waals surface area contributed by atoms with Gasteiger partial charge in [0.1, 0.15) is 5.75 Å². The third-order valence-corrected chi connectivity index (χ3v) is 3.89. The van der Waals surface area contributed by atoms with E-state index in [-0.39, 0.29) is 0 Å². The van der Waals surface area contributed by atoms with Crippen LogP contribution in [0.5, 0.6) is 11.5 Å². The van der Waals surface area contributed by atoms with Gasteiger partial charge in [-0.25, -0.2) is 0 Å². The fourth-order valence-electron chi connectivity index (χ4n) is 2.14. The van der Waals surface area contributed by atoms with Crippen LogP contribution in [0.25, 0.3) is 0 Å². The number of ether oxygens (including phenoxy) is 2. The van der Waals surface area contributed by atoms with Gasteiger partial charge in [0.25, 0.3) is 0 Å². The van der Waals surface area contributed by atoms with Gasteiger partial charge in [-0.3, -0.25) is 0 Å². The molecule has 1 rings (SSSR count). The molecule has 1 aromatic carbocycles. The zero-order valence-electron chi connectivity index (χ0n) is 13.6. The van der Waals surface area contributed by atoms with E-state index in [2.05, 4.69) is 23.1 Å². The van der Waals surface area contributed by atoms with Gasteiger partial charge in [0.05, 0.1) is 19.0 Å². The Hall–Kier alpha value is -0.750. The van der Waals surface area contributed by atoms with Gasteiger partial charge < -0.3 is 18.7 Å². The summed E-state index contributed by atoms with van der Waals surface area (Å²) in [4.78, 5) is 0. The van der Waals surface area contributed by atoms with Crippen molar-refractivity contribution < 1.29 is 9.47 Å². The van der Waals surface area contributed by atoms with E-state index in [1.807, 2.05) is 18.2 Å². The highest BCUT2D eigenvalue weighted by Gasteiger charge is 1.99. The number of rotatable bonds is 12. The second-order valence-corrected chi connectivity index (χ2v) is 6.01. The van der Waals surface area contributed by atoms with Gasteiger partial charge in [-0.05, 0) is 18.9 Å². The van der Waals surface area contributed by atoms with Crippen LogP contribution in [0.2, 0.25) is 0 Å². The molecular formula is C18H30O2P-. The Balaban J connectivity index is 2.33. The molecule has 0 N–H and O–H groups in total. The molecule has 0 saturated heterocycles. The lowest BCUT2D eigenvalue weighted by Gasteiger charge is -2.16. The fourth-order valence-corrected chi connectivity index (χ4v) is 2.37. The number of hydrogen-bond acceptors (Lipinski definition) is 2. The van der Waals surface area contributed by atoms with Crippen LogP contribution in [0.15, 0.2) is 18.2 Å². The lowest BCUT2D eigenvalue weighted by atomic mass is 10.2. The molecule has 0 fully saturated rings. The molecule has 120 valence electrons. The molecule has 2 nitrogen and oxygen atoms in total. The van der Waals surface area contributed by atoms with Crippen LogP contribution in [0.1, 0.15) is 65.2 Å². The standard InChI is InChI=1S/C18H30O2P/c1-3-5-7-9-13-19-16-11-12-18(21)17(15-16)20-14-10-8-6-4-2/h11-12,15,21H,3-10,13-14H2,1-2H3/q-1. The lowest BCUT2D eigenvalue weighted by Crippen LogP contribution is -2.06. The zero-order valence-corrected chi connectivity index (χ0v) is 14.6. The molecule has 0 heterocycles. The van der Waals surface area contributed by atoms with E-state index >= 15 is 0 Å². The maximum absolute atomic E-state index is 5.84. The van der Waals surface area contributed by atoms with E-state index < -0.39 is 0 Å². The Morgan fingerprint density at radius 3 is 2.05 bits per heavy atom. The predicted molar refractivity (Wildman–Crippen MR) is 93.7 cm³/mol. The molecule has 1 aromatic rings. The lowest BCUT2D eigenvalue weighted by molar-refractivity contribution is 0.292. The van der Waals surface area contributed by atoms with Crippen LogP contribution in [-0.4, -0.2) is 13.2 Å². The van der Waals surface area contributed by atoms with Crippen LogP contribution in [0.3, 0.4) is 0 Å². The molecule has 3 heteroatoms. The van der Waals surface area contributed by atoms with Gasteiger partial charge >= 0.3 is 0 Å².